The molecule has 1 atom stereocenters. The van der Waals surface area contributed by atoms with Crippen LogP contribution >= 0.6 is 0 Å². The van der Waals surface area contributed by atoms with E-state index in [0.717, 1.165) is 12.1 Å². The van der Waals surface area contributed by atoms with Gasteiger partial charge in [0.05, 0.1) is 17.8 Å². The van der Waals surface area contributed by atoms with Gasteiger partial charge in [-0.3, -0.25) is 0 Å². The Morgan fingerprint density at radius 1 is 1.36 bits per heavy atom. The van der Waals surface area contributed by atoms with Crippen molar-refractivity contribution < 1.29 is 13.9 Å². The second-order valence-electron chi connectivity index (χ2n) is 5.70. The predicted octanol–water partition coefficient (Wildman–Crippen LogP) is 2.92. The Morgan fingerprint density at radius 3 is 2.82 bits per heavy atom. The van der Waals surface area contributed by atoms with E-state index < -0.39 is 17.4 Å². The molecule has 3 rings (SSSR count). The van der Waals surface area contributed by atoms with E-state index in [1.807, 2.05) is 36.0 Å². The molecule has 2 amide bonds. The lowest BCUT2D eigenvalue weighted by atomic mass is 10.0. The summed E-state index contributed by atoms with van der Waals surface area (Å²) in [5.74, 6) is -0.473. The Hall–Kier alpha value is -2.34. The monoisotopic (exact) mass is 303 g/mol. The van der Waals surface area contributed by atoms with Crippen LogP contribution in [0.15, 0.2) is 42.7 Å². The number of ether oxygens (including phenoxy) is 1. The highest BCUT2D eigenvalue weighted by molar-refractivity contribution is 5.90. The molecule has 1 saturated heterocycles. The highest BCUT2D eigenvalue weighted by atomic mass is 19.1. The fraction of sp³-hybridized carbons (Fsp3) is 0.312. The van der Waals surface area contributed by atoms with Crippen LogP contribution in [0.4, 0.5) is 14.9 Å². The molecule has 1 aliphatic heterocycles. The SMILES string of the molecule is C[C@]1(NC(=O)Nc2cc(-n3cccc3)ccc2F)CCOC1. The minimum Gasteiger partial charge on any atom is -0.379 e. The summed E-state index contributed by atoms with van der Waals surface area (Å²) in [5.41, 5.74) is 0.516. The molecule has 0 saturated carbocycles. The van der Waals surface area contributed by atoms with Crippen molar-refractivity contribution >= 4 is 11.7 Å². The maximum absolute atomic E-state index is 13.9. The molecule has 2 aromatic rings. The zero-order valence-corrected chi connectivity index (χ0v) is 12.3. The average molecular weight is 303 g/mol. The van der Waals surface area contributed by atoms with Crippen LogP contribution in [0.2, 0.25) is 0 Å². The minimum absolute atomic E-state index is 0.145. The molecule has 1 aromatic carbocycles. The van der Waals surface area contributed by atoms with Crippen molar-refractivity contribution in [3.63, 3.8) is 0 Å². The molecule has 1 aromatic heterocycles. The number of hydrogen-bond acceptors (Lipinski definition) is 2. The number of nitrogens with one attached hydrogen (secondary N) is 2. The van der Waals surface area contributed by atoms with Crippen molar-refractivity contribution in [2.45, 2.75) is 18.9 Å². The van der Waals surface area contributed by atoms with Crippen molar-refractivity contribution in [2.24, 2.45) is 0 Å². The van der Waals surface area contributed by atoms with E-state index >= 15 is 0 Å². The van der Waals surface area contributed by atoms with Crippen molar-refractivity contribution in [3.05, 3.63) is 48.5 Å². The van der Waals surface area contributed by atoms with Crippen LogP contribution in [0.25, 0.3) is 5.69 Å². The van der Waals surface area contributed by atoms with Crippen LogP contribution in [0.5, 0.6) is 0 Å². The first-order valence-electron chi connectivity index (χ1n) is 7.16. The Bertz CT molecular complexity index is 664. The van der Waals surface area contributed by atoms with Crippen LogP contribution in [-0.2, 0) is 4.74 Å². The Labute approximate surface area is 128 Å². The average Bonchev–Trinajstić information content (AvgIpc) is 3.13. The van der Waals surface area contributed by atoms with E-state index in [2.05, 4.69) is 10.6 Å². The third-order valence-corrected chi connectivity index (χ3v) is 3.73. The fourth-order valence-electron chi connectivity index (χ4n) is 2.47. The highest BCUT2D eigenvalue weighted by Gasteiger charge is 2.31. The number of carbonyl (C=O) groups is 1. The van der Waals surface area contributed by atoms with Gasteiger partial charge < -0.3 is 19.9 Å². The van der Waals surface area contributed by atoms with Gasteiger partial charge in [-0.15, -0.1) is 0 Å². The van der Waals surface area contributed by atoms with Crippen LogP contribution in [0, 0.1) is 5.82 Å². The van der Waals surface area contributed by atoms with E-state index in [9.17, 15) is 9.18 Å². The minimum atomic E-state index is -0.473. The van der Waals surface area contributed by atoms with Gasteiger partial charge in [0.2, 0.25) is 0 Å². The molecule has 2 heterocycles. The number of urea groups is 1. The molecule has 1 aliphatic rings. The van der Waals surface area contributed by atoms with Crippen LogP contribution in [0.1, 0.15) is 13.3 Å². The van der Waals surface area contributed by atoms with E-state index in [1.54, 1.807) is 12.1 Å². The summed E-state index contributed by atoms with van der Waals surface area (Å²) < 4.78 is 21.0. The Kier molecular flexibility index (Phi) is 3.85. The number of benzene rings is 1. The van der Waals surface area contributed by atoms with Gasteiger partial charge >= 0.3 is 6.03 Å². The quantitative estimate of drug-likeness (QED) is 0.916. The third-order valence-electron chi connectivity index (χ3n) is 3.73. The van der Waals surface area contributed by atoms with Crippen LogP contribution in [0.3, 0.4) is 0 Å². The zero-order chi connectivity index (χ0) is 15.6. The molecule has 0 aliphatic carbocycles. The first-order valence-corrected chi connectivity index (χ1v) is 7.16. The van der Waals surface area contributed by atoms with Gasteiger partial charge in [0, 0.05) is 24.7 Å². The number of carbonyl (C=O) groups excluding carboxylic acids is 1. The normalized spacial score (nSPS) is 20.8. The van der Waals surface area contributed by atoms with Gasteiger partial charge in [0.25, 0.3) is 0 Å². The molecular formula is C16H18FN3O2. The molecule has 0 unspecified atom stereocenters. The summed E-state index contributed by atoms with van der Waals surface area (Å²) in [6, 6.07) is 7.92. The number of anilines is 1. The summed E-state index contributed by atoms with van der Waals surface area (Å²) in [6.45, 7) is 2.99. The molecule has 0 radical (unpaired) electrons. The zero-order valence-electron chi connectivity index (χ0n) is 12.3. The number of rotatable bonds is 3. The molecule has 22 heavy (non-hydrogen) atoms. The van der Waals surface area contributed by atoms with E-state index in [4.69, 9.17) is 4.74 Å². The molecule has 0 spiro atoms. The van der Waals surface area contributed by atoms with E-state index in [-0.39, 0.29) is 5.69 Å². The highest BCUT2D eigenvalue weighted by Crippen LogP contribution is 2.21. The molecule has 1 fully saturated rings. The number of halogens is 1. The summed E-state index contributed by atoms with van der Waals surface area (Å²) in [6.07, 6.45) is 4.45. The summed E-state index contributed by atoms with van der Waals surface area (Å²) in [4.78, 5) is 12.1. The van der Waals surface area contributed by atoms with E-state index in [1.165, 1.54) is 6.07 Å². The van der Waals surface area contributed by atoms with Gasteiger partial charge in [0.15, 0.2) is 0 Å². The van der Waals surface area contributed by atoms with Gasteiger partial charge in [0.1, 0.15) is 5.82 Å². The maximum atomic E-state index is 13.9. The summed E-state index contributed by atoms with van der Waals surface area (Å²) in [5, 5.41) is 5.41. The van der Waals surface area contributed by atoms with Crippen molar-refractivity contribution in [1.29, 1.82) is 0 Å². The molecular weight excluding hydrogens is 285 g/mol. The van der Waals surface area contributed by atoms with Crippen molar-refractivity contribution in [3.8, 4) is 5.69 Å². The third kappa shape index (κ3) is 3.12. The van der Waals surface area contributed by atoms with E-state index in [0.29, 0.717) is 13.2 Å². The summed E-state index contributed by atoms with van der Waals surface area (Å²) in [7, 11) is 0. The lowest BCUT2D eigenvalue weighted by Gasteiger charge is -2.23. The van der Waals surface area contributed by atoms with Gasteiger partial charge in [-0.25, -0.2) is 9.18 Å². The van der Waals surface area contributed by atoms with Crippen molar-refractivity contribution in [2.75, 3.05) is 18.5 Å². The first kappa shape index (κ1) is 14.6. The van der Waals surface area contributed by atoms with Gasteiger partial charge in [-0.2, -0.15) is 0 Å². The standard InChI is InChI=1S/C16H18FN3O2/c1-16(6-9-22-11-16)19-15(21)18-14-10-12(4-5-13(14)17)20-7-2-3-8-20/h2-5,7-8,10H,6,9,11H2,1H3,(H2,18,19,21)/t16-/m0/s1. The van der Waals surface area contributed by atoms with Crippen molar-refractivity contribution in [1.82, 2.24) is 9.88 Å². The molecule has 6 heteroatoms. The molecule has 5 nitrogen and oxygen atoms in total. The lowest BCUT2D eigenvalue weighted by Crippen LogP contribution is -2.48. The number of amides is 2. The second-order valence-corrected chi connectivity index (χ2v) is 5.70. The number of nitrogens with zero attached hydrogens (tertiary/aromatic N) is 1. The Morgan fingerprint density at radius 2 is 2.14 bits per heavy atom. The largest absolute Gasteiger partial charge is 0.379 e. The van der Waals surface area contributed by atoms with Gasteiger partial charge in [-0.05, 0) is 43.7 Å². The van der Waals surface area contributed by atoms with Gasteiger partial charge in [-0.1, -0.05) is 0 Å². The first-order chi connectivity index (χ1) is 10.6. The molecule has 2 N–H and O–H groups in total. The second kappa shape index (κ2) is 5.81. The topological polar surface area (TPSA) is 55.3 Å². The van der Waals surface area contributed by atoms with Crippen LogP contribution in [-0.4, -0.2) is 29.4 Å². The molecule has 116 valence electrons. The number of aromatic nitrogens is 1. The fourth-order valence-corrected chi connectivity index (χ4v) is 2.47. The lowest BCUT2D eigenvalue weighted by molar-refractivity contribution is 0.172. The smallest absolute Gasteiger partial charge is 0.319 e. The predicted molar refractivity (Wildman–Crippen MR) is 81.7 cm³/mol. The molecule has 0 bridgehead atoms. The summed E-state index contributed by atoms with van der Waals surface area (Å²) >= 11 is 0. The Balaban J connectivity index is 1.74. The van der Waals surface area contributed by atoms with Crippen LogP contribution < -0.4 is 10.6 Å². The maximum Gasteiger partial charge on any atom is 0.319 e. The number of hydrogen-bond donors (Lipinski definition) is 2.